The van der Waals surface area contributed by atoms with Gasteiger partial charge in [-0.15, -0.1) is 0 Å². The summed E-state index contributed by atoms with van der Waals surface area (Å²) in [4.78, 5) is 20.7. The lowest BCUT2D eigenvalue weighted by Crippen LogP contribution is -2.45. The number of carboxylic acids is 1. The molecule has 0 saturated heterocycles. The fourth-order valence-electron chi connectivity index (χ4n) is 3.01. The van der Waals surface area contributed by atoms with Gasteiger partial charge in [-0.25, -0.2) is 4.98 Å². The molecule has 4 rings (SSSR count). The summed E-state index contributed by atoms with van der Waals surface area (Å²) in [6.45, 7) is 0.994. The number of aromatic nitrogens is 2. The van der Waals surface area contributed by atoms with Crippen molar-refractivity contribution in [2.45, 2.75) is 25.6 Å². The molecule has 1 atom stereocenters. The van der Waals surface area contributed by atoms with Crippen molar-refractivity contribution in [2.24, 2.45) is 0 Å². The van der Waals surface area contributed by atoms with E-state index in [2.05, 4.69) is 9.97 Å². The highest BCUT2D eigenvalue weighted by atomic mass is 16.4. The van der Waals surface area contributed by atoms with Crippen LogP contribution in [0.1, 0.15) is 17.1 Å². The van der Waals surface area contributed by atoms with Crippen LogP contribution in [0.15, 0.2) is 41.1 Å². The topological polar surface area (TPSA) is 82.4 Å². The summed E-state index contributed by atoms with van der Waals surface area (Å²) in [5, 5.41) is 10.5. The number of H-pyrrole nitrogens is 1. The van der Waals surface area contributed by atoms with Gasteiger partial charge in [-0.2, -0.15) is 0 Å². The third kappa shape index (κ3) is 2.17. The average molecular weight is 297 g/mol. The fourth-order valence-corrected chi connectivity index (χ4v) is 3.01. The Balaban J connectivity index is 1.64. The van der Waals surface area contributed by atoms with Crippen LogP contribution in [-0.2, 0) is 24.3 Å². The van der Waals surface area contributed by atoms with Crippen LogP contribution in [-0.4, -0.2) is 32.0 Å². The number of imidazole rings is 1. The molecule has 0 fully saturated rings. The Bertz CT molecular complexity index is 803. The lowest BCUT2D eigenvalue weighted by Gasteiger charge is -2.31. The third-order valence-corrected chi connectivity index (χ3v) is 4.12. The molecule has 1 aromatic carbocycles. The molecular formula is C16H15N3O3. The molecule has 0 bridgehead atoms. The lowest BCUT2D eigenvalue weighted by molar-refractivity contribution is -0.144. The Morgan fingerprint density at radius 3 is 3.14 bits per heavy atom. The van der Waals surface area contributed by atoms with E-state index in [-0.39, 0.29) is 0 Å². The number of rotatable bonds is 3. The number of benzene rings is 1. The monoisotopic (exact) mass is 297 g/mol. The molecule has 6 nitrogen and oxygen atoms in total. The van der Waals surface area contributed by atoms with E-state index in [4.69, 9.17) is 4.42 Å². The van der Waals surface area contributed by atoms with E-state index in [1.54, 1.807) is 6.33 Å². The van der Waals surface area contributed by atoms with Gasteiger partial charge in [0.2, 0.25) is 0 Å². The molecule has 0 amide bonds. The molecule has 22 heavy (non-hydrogen) atoms. The van der Waals surface area contributed by atoms with Crippen LogP contribution < -0.4 is 0 Å². The number of hydrogen-bond acceptors (Lipinski definition) is 4. The van der Waals surface area contributed by atoms with Gasteiger partial charge in [0.1, 0.15) is 17.4 Å². The maximum absolute atomic E-state index is 11.5. The van der Waals surface area contributed by atoms with Gasteiger partial charge in [-0.3, -0.25) is 9.69 Å². The second kappa shape index (κ2) is 4.99. The maximum Gasteiger partial charge on any atom is 0.321 e. The number of furan rings is 1. The predicted molar refractivity (Wildman–Crippen MR) is 79.2 cm³/mol. The number of carbonyl (C=O) groups is 1. The second-order valence-corrected chi connectivity index (χ2v) is 5.54. The van der Waals surface area contributed by atoms with Gasteiger partial charge in [-0.1, -0.05) is 18.2 Å². The van der Waals surface area contributed by atoms with Crippen LogP contribution in [0.5, 0.6) is 0 Å². The minimum absolute atomic E-state index is 0.411. The minimum atomic E-state index is -0.829. The first-order valence-electron chi connectivity index (χ1n) is 7.16. The molecule has 112 valence electrons. The van der Waals surface area contributed by atoms with Gasteiger partial charge in [-0.05, 0) is 12.1 Å². The highest BCUT2D eigenvalue weighted by Gasteiger charge is 2.33. The van der Waals surface area contributed by atoms with Crippen LogP contribution in [0.2, 0.25) is 0 Å². The van der Waals surface area contributed by atoms with Crippen LogP contribution in [0.3, 0.4) is 0 Å². The molecule has 2 N–H and O–H groups in total. The van der Waals surface area contributed by atoms with Gasteiger partial charge in [0, 0.05) is 18.4 Å². The molecule has 1 aliphatic heterocycles. The van der Waals surface area contributed by atoms with Crippen molar-refractivity contribution in [3.63, 3.8) is 0 Å². The number of carboxylic acid groups (broad SMARTS) is 1. The van der Waals surface area contributed by atoms with Crippen LogP contribution >= 0.6 is 0 Å². The summed E-state index contributed by atoms with van der Waals surface area (Å²) in [5.74, 6) is -0.0554. The fraction of sp³-hybridized carbons (Fsp3) is 0.250. The van der Waals surface area contributed by atoms with Gasteiger partial charge in [0.05, 0.1) is 24.3 Å². The Hall–Kier alpha value is -2.60. The van der Waals surface area contributed by atoms with Crippen molar-refractivity contribution in [3.05, 3.63) is 53.8 Å². The molecule has 0 spiro atoms. The normalized spacial score (nSPS) is 18.5. The van der Waals surface area contributed by atoms with Gasteiger partial charge in [0.25, 0.3) is 0 Å². The highest BCUT2D eigenvalue weighted by molar-refractivity contribution is 5.77. The molecule has 0 aliphatic carbocycles. The first-order chi connectivity index (χ1) is 10.7. The Kier molecular flexibility index (Phi) is 2.97. The van der Waals surface area contributed by atoms with E-state index in [0.717, 1.165) is 28.1 Å². The number of para-hydroxylation sites is 1. The van der Waals surface area contributed by atoms with Crippen molar-refractivity contribution in [3.8, 4) is 0 Å². The largest absolute Gasteiger partial charge is 0.480 e. The Labute approximate surface area is 126 Å². The van der Waals surface area contributed by atoms with E-state index in [9.17, 15) is 9.90 Å². The van der Waals surface area contributed by atoms with Crippen molar-refractivity contribution in [1.29, 1.82) is 0 Å². The van der Waals surface area contributed by atoms with Crippen molar-refractivity contribution < 1.29 is 14.3 Å². The summed E-state index contributed by atoms with van der Waals surface area (Å²) in [5.41, 5.74) is 2.64. The van der Waals surface area contributed by atoms with Gasteiger partial charge >= 0.3 is 5.97 Å². The first kappa shape index (κ1) is 13.1. The SMILES string of the molecule is O=C(O)[C@H]1Cc2nc[nH]c2CN1Cc1cc2ccccc2o1. The van der Waals surface area contributed by atoms with E-state index in [1.807, 2.05) is 35.2 Å². The summed E-state index contributed by atoms with van der Waals surface area (Å²) < 4.78 is 5.81. The number of nitrogens with one attached hydrogen (secondary N) is 1. The van der Waals surface area contributed by atoms with Crippen molar-refractivity contribution in [2.75, 3.05) is 0 Å². The number of fused-ring (bicyclic) bond motifs is 2. The zero-order chi connectivity index (χ0) is 15.1. The van der Waals surface area contributed by atoms with Gasteiger partial charge < -0.3 is 14.5 Å². The van der Waals surface area contributed by atoms with E-state index < -0.39 is 12.0 Å². The number of aromatic amines is 1. The molecular weight excluding hydrogens is 282 g/mol. The lowest BCUT2D eigenvalue weighted by atomic mass is 10.0. The summed E-state index contributed by atoms with van der Waals surface area (Å²) in [6, 6.07) is 9.17. The second-order valence-electron chi connectivity index (χ2n) is 5.54. The molecule has 1 aliphatic rings. The van der Waals surface area contributed by atoms with E-state index in [1.165, 1.54) is 0 Å². The van der Waals surface area contributed by atoms with Crippen LogP contribution in [0.25, 0.3) is 11.0 Å². The first-order valence-corrected chi connectivity index (χ1v) is 7.16. The minimum Gasteiger partial charge on any atom is -0.480 e. The summed E-state index contributed by atoms with van der Waals surface area (Å²) in [7, 11) is 0. The zero-order valence-corrected chi connectivity index (χ0v) is 11.8. The smallest absolute Gasteiger partial charge is 0.321 e. The van der Waals surface area contributed by atoms with Gasteiger partial charge in [0.15, 0.2) is 0 Å². The van der Waals surface area contributed by atoms with Crippen LogP contribution in [0.4, 0.5) is 0 Å². The Morgan fingerprint density at radius 1 is 1.45 bits per heavy atom. The Morgan fingerprint density at radius 2 is 2.32 bits per heavy atom. The quantitative estimate of drug-likeness (QED) is 0.774. The zero-order valence-electron chi connectivity index (χ0n) is 11.8. The molecule has 0 radical (unpaired) electrons. The van der Waals surface area contributed by atoms with Crippen molar-refractivity contribution >= 4 is 16.9 Å². The predicted octanol–water partition coefficient (Wildman–Crippen LogP) is 2.17. The molecule has 3 aromatic rings. The number of nitrogens with zero attached hydrogens (tertiary/aromatic N) is 2. The molecule has 0 saturated carbocycles. The molecule has 2 aromatic heterocycles. The summed E-state index contributed by atoms with van der Waals surface area (Å²) >= 11 is 0. The average Bonchev–Trinajstić information content (AvgIpc) is 3.11. The molecule has 3 heterocycles. The van der Waals surface area contributed by atoms with E-state index >= 15 is 0 Å². The maximum atomic E-state index is 11.5. The molecule has 6 heteroatoms. The third-order valence-electron chi connectivity index (χ3n) is 4.12. The number of aliphatic carboxylic acids is 1. The van der Waals surface area contributed by atoms with E-state index in [0.29, 0.717) is 19.5 Å². The summed E-state index contributed by atoms with van der Waals surface area (Å²) in [6.07, 6.45) is 2.03. The van der Waals surface area contributed by atoms with Crippen molar-refractivity contribution in [1.82, 2.24) is 14.9 Å². The number of hydrogen-bond donors (Lipinski definition) is 2. The highest BCUT2D eigenvalue weighted by Crippen LogP contribution is 2.25. The standard InChI is InChI=1S/C16H15N3O3/c20-16(21)14-6-12-13(18-9-17-12)8-19(14)7-11-5-10-3-1-2-4-15(10)22-11/h1-5,9,14H,6-8H2,(H,17,18)(H,20,21)/t14-/m1/s1. The van der Waals surface area contributed by atoms with Crippen LogP contribution in [0, 0.1) is 0 Å². The molecule has 0 unspecified atom stereocenters.